The average Bonchev–Trinajstić information content (AvgIpc) is 2.41. The van der Waals surface area contributed by atoms with Gasteiger partial charge in [-0.05, 0) is 12.5 Å². The molecule has 0 saturated carbocycles. The first-order chi connectivity index (χ1) is 8.66. The summed E-state index contributed by atoms with van der Waals surface area (Å²) < 4.78 is 0. The lowest BCUT2D eigenvalue weighted by Gasteiger charge is -2.26. The van der Waals surface area contributed by atoms with Crippen LogP contribution in [0.2, 0.25) is 0 Å². The van der Waals surface area contributed by atoms with E-state index < -0.39 is 0 Å². The Balaban J connectivity index is 1.94. The zero-order valence-corrected chi connectivity index (χ0v) is 10.6. The van der Waals surface area contributed by atoms with Gasteiger partial charge in [0.1, 0.15) is 0 Å². The summed E-state index contributed by atoms with van der Waals surface area (Å²) in [5.74, 6) is -0.669. The van der Waals surface area contributed by atoms with E-state index in [1.54, 1.807) is 4.90 Å². The van der Waals surface area contributed by atoms with E-state index in [0.29, 0.717) is 13.1 Å². The summed E-state index contributed by atoms with van der Waals surface area (Å²) in [6.07, 6.45) is 0.197. The SMILES string of the molecule is Cc1ccc(CC(=O)C(=O)N2CCNCC2)cc1. The fraction of sp³-hybridized carbons (Fsp3) is 0.429. The lowest BCUT2D eigenvalue weighted by molar-refractivity contribution is -0.144. The van der Waals surface area contributed by atoms with Crippen LogP contribution in [-0.4, -0.2) is 42.8 Å². The molecule has 1 aliphatic rings. The van der Waals surface area contributed by atoms with Gasteiger partial charge < -0.3 is 10.2 Å². The molecule has 1 amide bonds. The number of hydrogen-bond acceptors (Lipinski definition) is 3. The summed E-state index contributed by atoms with van der Waals surface area (Å²) in [6.45, 7) is 4.78. The van der Waals surface area contributed by atoms with Gasteiger partial charge in [0.2, 0.25) is 5.78 Å². The largest absolute Gasteiger partial charge is 0.334 e. The Kier molecular flexibility index (Phi) is 4.10. The highest BCUT2D eigenvalue weighted by atomic mass is 16.2. The summed E-state index contributed by atoms with van der Waals surface area (Å²) >= 11 is 0. The van der Waals surface area contributed by atoms with Gasteiger partial charge in [0.05, 0.1) is 0 Å². The van der Waals surface area contributed by atoms with Crippen LogP contribution in [0.3, 0.4) is 0 Å². The number of ketones is 1. The van der Waals surface area contributed by atoms with Gasteiger partial charge in [0, 0.05) is 32.6 Å². The molecule has 1 aromatic rings. The van der Waals surface area contributed by atoms with Crippen molar-refractivity contribution in [1.82, 2.24) is 10.2 Å². The van der Waals surface area contributed by atoms with Crippen LogP contribution in [0.4, 0.5) is 0 Å². The van der Waals surface area contributed by atoms with Crippen LogP contribution in [0, 0.1) is 6.92 Å². The number of carbonyl (C=O) groups excluding carboxylic acids is 2. The van der Waals surface area contributed by atoms with Gasteiger partial charge in [-0.2, -0.15) is 0 Å². The lowest BCUT2D eigenvalue weighted by Crippen LogP contribution is -2.49. The molecule has 0 unspecified atom stereocenters. The maximum Gasteiger partial charge on any atom is 0.290 e. The van der Waals surface area contributed by atoms with Crippen molar-refractivity contribution >= 4 is 11.7 Å². The molecule has 4 heteroatoms. The van der Waals surface area contributed by atoms with Crippen LogP contribution in [0.1, 0.15) is 11.1 Å². The van der Waals surface area contributed by atoms with E-state index in [1.807, 2.05) is 31.2 Å². The fourth-order valence-corrected chi connectivity index (χ4v) is 2.01. The Morgan fingerprint density at radius 1 is 1.17 bits per heavy atom. The summed E-state index contributed by atoms with van der Waals surface area (Å²) in [4.78, 5) is 25.4. The molecule has 0 atom stereocenters. The minimum absolute atomic E-state index is 0.197. The van der Waals surface area contributed by atoms with Gasteiger partial charge >= 0.3 is 0 Å². The average molecular weight is 246 g/mol. The van der Waals surface area contributed by atoms with Crippen LogP contribution >= 0.6 is 0 Å². The molecule has 0 aliphatic carbocycles. The van der Waals surface area contributed by atoms with E-state index in [9.17, 15) is 9.59 Å². The zero-order chi connectivity index (χ0) is 13.0. The normalized spacial score (nSPS) is 15.5. The lowest BCUT2D eigenvalue weighted by atomic mass is 10.1. The molecule has 0 bridgehead atoms. The number of nitrogens with zero attached hydrogens (tertiary/aromatic N) is 1. The van der Waals surface area contributed by atoms with Crippen molar-refractivity contribution in [3.8, 4) is 0 Å². The van der Waals surface area contributed by atoms with Crippen LogP contribution in [-0.2, 0) is 16.0 Å². The summed E-state index contributed by atoms with van der Waals surface area (Å²) in [6, 6.07) is 7.71. The van der Waals surface area contributed by atoms with E-state index in [1.165, 1.54) is 0 Å². The molecule has 0 radical (unpaired) electrons. The topological polar surface area (TPSA) is 49.4 Å². The van der Waals surface area contributed by atoms with E-state index in [4.69, 9.17) is 0 Å². The van der Waals surface area contributed by atoms with E-state index in [0.717, 1.165) is 24.2 Å². The molecule has 0 spiro atoms. The van der Waals surface area contributed by atoms with Gasteiger partial charge in [-0.25, -0.2) is 0 Å². The highest BCUT2D eigenvalue weighted by Crippen LogP contribution is 2.06. The number of nitrogens with one attached hydrogen (secondary N) is 1. The molecular weight excluding hydrogens is 228 g/mol. The minimum atomic E-state index is -0.350. The van der Waals surface area contributed by atoms with Crippen molar-refractivity contribution in [3.05, 3.63) is 35.4 Å². The van der Waals surface area contributed by atoms with E-state index >= 15 is 0 Å². The number of rotatable bonds is 3. The number of amides is 1. The Labute approximate surface area is 107 Å². The number of piperazine rings is 1. The highest BCUT2D eigenvalue weighted by Gasteiger charge is 2.22. The second kappa shape index (κ2) is 5.78. The molecule has 1 aromatic carbocycles. The van der Waals surface area contributed by atoms with Crippen molar-refractivity contribution in [2.45, 2.75) is 13.3 Å². The molecule has 1 saturated heterocycles. The second-order valence-electron chi connectivity index (χ2n) is 4.63. The van der Waals surface area contributed by atoms with Gasteiger partial charge in [-0.3, -0.25) is 9.59 Å². The van der Waals surface area contributed by atoms with Crippen molar-refractivity contribution in [3.63, 3.8) is 0 Å². The van der Waals surface area contributed by atoms with Crippen LogP contribution < -0.4 is 5.32 Å². The molecule has 18 heavy (non-hydrogen) atoms. The van der Waals surface area contributed by atoms with Crippen LogP contribution in [0.25, 0.3) is 0 Å². The van der Waals surface area contributed by atoms with E-state index in [2.05, 4.69) is 5.32 Å². The molecule has 96 valence electrons. The smallest absolute Gasteiger partial charge is 0.290 e. The monoisotopic (exact) mass is 246 g/mol. The molecule has 1 heterocycles. The fourth-order valence-electron chi connectivity index (χ4n) is 2.01. The van der Waals surface area contributed by atoms with Gasteiger partial charge in [0.25, 0.3) is 5.91 Å². The summed E-state index contributed by atoms with van der Waals surface area (Å²) in [5, 5.41) is 3.16. The third-order valence-corrected chi connectivity index (χ3v) is 3.13. The first-order valence-corrected chi connectivity index (χ1v) is 6.25. The highest BCUT2D eigenvalue weighted by molar-refractivity contribution is 6.36. The first kappa shape index (κ1) is 12.8. The van der Waals surface area contributed by atoms with Crippen LogP contribution in [0.15, 0.2) is 24.3 Å². The van der Waals surface area contributed by atoms with Crippen molar-refractivity contribution < 1.29 is 9.59 Å². The molecular formula is C14H18N2O2. The standard InChI is InChI=1S/C14H18N2O2/c1-11-2-4-12(5-3-11)10-13(17)14(18)16-8-6-15-7-9-16/h2-5,15H,6-10H2,1H3. The van der Waals surface area contributed by atoms with Crippen molar-refractivity contribution in [1.29, 1.82) is 0 Å². The Bertz CT molecular complexity index is 434. The van der Waals surface area contributed by atoms with E-state index in [-0.39, 0.29) is 18.1 Å². The van der Waals surface area contributed by atoms with Gasteiger partial charge in [-0.15, -0.1) is 0 Å². The summed E-state index contributed by atoms with van der Waals surface area (Å²) in [7, 11) is 0. The molecule has 1 fully saturated rings. The third-order valence-electron chi connectivity index (χ3n) is 3.13. The van der Waals surface area contributed by atoms with Crippen molar-refractivity contribution in [2.24, 2.45) is 0 Å². The minimum Gasteiger partial charge on any atom is -0.334 e. The molecule has 2 rings (SSSR count). The number of hydrogen-bond donors (Lipinski definition) is 1. The second-order valence-corrected chi connectivity index (χ2v) is 4.63. The Hall–Kier alpha value is -1.68. The zero-order valence-electron chi connectivity index (χ0n) is 10.6. The predicted molar refractivity (Wildman–Crippen MR) is 69.3 cm³/mol. The van der Waals surface area contributed by atoms with Gasteiger partial charge in [0.15, 0.2) is 0 Å². The molecule has 0 aromatic heterocycles. The van der Waals surface area contributed by atoms with Crippen LogP contribution in [0.5, 0.6) is 0 Å². The number of aryl methyl sites for hydroxylation is 1. The third kappa shape index (κ3) is 3.17. The number of benzene rings is 1. The molecule has 1 N–H and O–H groups in total. The maximum absolute atomic E-state index is 11.9. The maximum atomic E-state index is 11.9. The first-order valence-electron chi connectivity index (χ1n) is 6.25. The number of Topliss-reactive ketones (excluding diaryl/α,β-unsaturated/α-hetero) is 1. The molecule has 4 nitrogen and oxygen atoms in total. The predicted octanol–water partition coefficient (Wildman–Crippen LogP) is 0.538. The number of carbonyl (C=O) groups is 2. The Morgan fingerprint density at radius 2 is 1.78 bits per heavy atom. The molecule has 1 aliphatic heterocycles. The summed E-state index contributed by atoms with van der Waals surface area (Å²) in [5.41, 5.74) is 2.05. The quantitative estimate of drug-likeness (QED) is 0.792. The van der Waals surface area contributed by atoms with Crippen molar-refractivity contribution in [2.75, 3.05) is 26.2 Å². The Morgan fingerprint density at radius 3 is 2.39 bits per heavy atom. The van der Waals surface area contributed by atoms with Gasteiger partial charge in [-0.1, -0.05) is 29.8 Å².